The van der Waals surface area contributed by atoms with Crippen LogP contribution in [0, 0.1) is 12.7 Å². The van der Waals surface area contributed by atoms with Gasteiger partial charge in [0.1, 0.15) is 23.6 Å². The van der Waals surface area contributed by atoms with Gasteiger partial charge in [0.2, 0.25) is 5.88 Å². The molecule has 9 heteroatoms. The minimum atomic E-state index is -0.465. The summed E-state index contributed by atoms with van der Waals surface area (Å²) in [5, 5.41) is 4.27. The zero-order valence-corrected chi connectivity index (χ0v) is 19.0. The molecule has 0 bridgehead atoms. The third kappa shape index (κ3) is 3.43. The van der Waals surface area contributed by atoms with Crippen LogP contribution in [0.15, 0.2) is 42.7 Å². The summed E-state index contributed by atoms with van der Waals surface area (Å²) < 4.78 is 23.2. The van der Waals surface area contributed by atoms with E-state index in [1.54, 1.807) is 12.1 Å². The number of pyridine rings is 1. The molecule has 0 amide bonds. The molecule has 2 aliphatic heterocycles. The van der Waals surface area contributed by atoms with E-state index >= 15 is 4.39 Å². The van der Waals surface area contributed by atoms with Gasteiger partial charge in [-0.15, -0.1) is 0 Å². The third-order valence-corrected chi connectivity index (χ3v) is 6.69. The molecular weight excluding hydrogens is 433 g/mol. The Bertz CT molecular complexity index is 1380. The van der Waals surface area contributed by atoms with E-state index in [9.17, 15) is 0 Å². The minimum absolute atomic E-state index is 0.125. The topological polar surface area (TPSA) is 94.1 Å². The van der Waals surface area contributed by atoms with E-state index in [4.69, 9.17) is 10.5 Å². The van der Waals surface area contributed by atoms with Gasteiger partial charge in [-0.05, 0) is 50.1 Å². The Balaban J connectivity index is 1.46. The number of nitrogens with zero attached hydrogens (tertiary/aromatic N) is 5. The maximum absolute atomic E-state index is 15.3. The monoisotopic (exact) mass is 459 g/mol. The Morgan fingerprint density at radius 1 is 1.18 bits per heavy atom. The van der Waals surface area contributed by atoms with Crippen LogP contribution in [-0.2, 0) is 6.54 Å². The first-order chi connectivity index (χ1) is 16.6. The highest BCUT2D eigenvalue weighted by molar-refractivity contribution is 6.07. The molecule has 6 rings (SSSR count). The lowest BCUT2D eigenvalue weighted by molar-refractivity contribution is 0.427. The largest absolute Gasteiger partial charge is 0.436 e. The minimum Gasteiger partial charge on any atom is -0.436 e. The van der Waals surface area contributed by atoms with Gasteiger partial charge in [0.15, 0.2) is 11.6 Å². The summed E-state index contributed by atoms with van der Waals surface area (Å²) >= 11 is 0. The Labute approximate surface area is 196 Å². The number of nitrogens with one attached hydrogen (secondary N) is 1. The van der Waals surface area contributed by atoms with Gasteiger partial charge in [0.05, 0.1) is 5.39 Å². The fraction of sp³-hybridized carbons (Fsp3) is 0.320. The van der Waals surface area contributed by atoms with Gasteiger partial charge in [0.25, 0.3) is 0 Å². The van der Waals surface area contributed by atoms with Crippen LogP contribution in [0.25, 0.3) is 22.2 Å². The molecule has 34 heavy (non-hydrogen) atoms. The van der Waals surface area contributed by atoms with Gasteiger partial charge >= 0.3 is 0 Å². The zero-order chi connectivity index (χ0) is 23.2. The maximum Gasteiger partial charge on any atom is 0.219 e. The summed E-state index contributed by atoms with van der Waals surface area (Å²) in [6.07, 6.45) is 3.73. The second-order valence-electron chi connectivity index (χ2n) is 8.87. The van der Waals surface area contributed by atoms with Gasteiger partial charge in [-0.3, -0.25) is 0 Å². The predicted octanol–water partition coefficient (Wildman–Crippen LogP) is 3.89. The molecule has 0 saturated carbocycles. The van der Waals surface area contributed by atoms with Crippen molar-refractivity contribution in [2.24, 2.45) is 0 Å². The predicted molar refractivity (Wildman–Crippen MR) is 130 cm³/mol. The van der Waals surface area contributed by atoms with Gasteiger partial charge in [0, 0.05) is 43.0 Å². The lowest BCUT2D eigenvalue weighted by Crippen LogP contribution is -2.45. The number of fused-ring (bicyclic) bond motifs is 3. The number of hydrogen-bond donors (Lipinski definition) is 2. The molecule has 0 spiro atoms. The molecule has 1 atom stereocenters. The van der Waals surface area contributed by atoms with Crippen LogP contribution in [0.2, 0.25) is 0 Å². The molecule has 0 radical (unpaired) electrons. The molecular formula is C25H26FN7O. The summed E-state index contributed by atoms with van der Waals surface area (Å²) in [6, 6.07) is 10.8. The quantitative estimate of drug-likeness (QED) is 0.478. The van der Waals surface area contributed by atoms with E-state index in [-0.39, 0.29) is 5.75 Å². The van der Waals surface area contributed by atoms with Crippen molar-refractivity contribution in [3.8, 4) is 22.8 Å². The number of ether oxygens (including phenoxy) is 1. The van der Waals surface area contributed by atoms with E-state index in [1.165, 1.54) is 12.4 Å². The van der Waals surface area contributed by atoms with Crippen LogP contribution in [0.3, 0.4) is 0 Å². The van der Waals surface area contributed by atoms with Crippen molar-refractivity contribution in [3.05, 3.63) is 54.2 Å². The standard InChI is InChI=1S/C25H26FN7O/c1-15-4-2-6-20(31-15)34-19-8-7-16(12-18(19)26)21-22-23(27)29-14-30-24(22)33-11-10-32(25(21)33)17-5-3-9-28-13-17/h2,4,6-8,12,14,17,28H,3,5,9-11,13H2,1H3,(H2,27,29,30)/t17-/m1/s1. The van der Waals surface area contributed by atoms with Crippen LogP contribution < -0.4 is 20.7 Å². The Kier molecular flexibility index (Phi) is 5.06. The van der Waals surface area contributed by atoms with Gasteiger partial charge in [-0.1, -0.05) is 12.1 Å². The number of piperidine rings is 1. The second-order valence-corrected chi connectivity index (χ2v) is 8.87. The van der Waals surface area contributed by atoms with Gasteiger partial charge in [-0.25, -0.2) is 19.3 Å². The van der Waals surface area contributed by atoms with Crippen molar-refractivity contribution >= 4 is 22.7 Å². The number of rotatable bonds is 4. The Morgan fingerprint density at radius 2 is 2.09 bits per heavy atom. The number of halogens is 1. The lowest BCUT2D eigenvalue weighted by Gasteiger charge is -2.33. The lowest BCUT2D eigenvalue weighted by atomic mass is 10.0. The summed E-state index contributed by atoms with van der Waals surface area (Å²) in [6.45, 7) is 5.53. The van der Waals surface area contributed by atoms with E-state index in [2.05, 4.69) is 29.7 Å². The summed E-state index contributed by atoms with van der Waals surface area (Å²) in [5.41, 5.74) is 9.52. The number of nitrogen functional groups attached to an aromatic ring is 1. The van der Waals surface area contributed by atoms with Crippen molar-refractivity contribution in [2.45, 2.75) is 32.4 Å². The molecule has 3 aromatic heterocycles. The molecule has 0 aliphatic carbocycles. The van der Waals surface area contributed by atoms with Crippen LogP contribution in [0.5, 0.6) is 11.6 Å². The number of benzene rings is 1. The van der Waals surface area contributed by atoms with E-state index in [0.717, 1.165) is 72.7 Å². The zero-order valence-electron chi connectivity index (χ0n) is 19.0. The molecule has 8 nitrogen and oxygen atoms in total. The average molecular weight is 460 g/mol. The number of aromatic nitrogens is 4. The van der Waals surface area contributed by atoms with Crippen molar-refractivity contribution < 1.29 is 9.13 Å². The molecule has 3 N–H and O–H groups in total. The molecule has 2 aliphatic rings. The number of hydrogen-bond acceptors (Lipinski definition) is 7. The first-order valence-corrected chi connectivity index (χ1v) is 11.6. The van der Waals surface area contributed by atoms with Crippen LogP contribution >= 0.6 is 0 Å². The number of nitrogens with two attached hydrogens (primary N) is 1. The summed E-state index contributed by atoms with van der Waals surface area (Å²) in [7, 11) is 0. The van der Waals surface area contributed by atoms with Crippen molar-refractivity contribution in [1.29, 1.82) is 0 Å². The van der Waals surface area contributed by atoms with Crippen LogP contribution in [-0.4, -0.2) is 45.2 Å². The van der Waals surface area contributed by atoms with Crippen LogP contribution in [0.4, 0.5) is 16.0 Å². The first-order valence-electron chi connectivity index (χ1n) is 11.6. The highest BCUT2D eigenvalue weighted by Gasteiger charge is 2.34. The Morgan fingerprint density at radius 3 is 2.88 bits per heavy atom. The third-order valence-electron chi connectivity index (χ3n) is 6.69. The fourth-order valence-corrected chi connectivity index (χ4v) is 5.16. The van der Waals surface area contributed by atoms with Crippen molar-refractivity contribution in [3.63, 3.8) is 0 Å². The normalized spacial score (nSPS) is 17.8. The molecule has 5 heterocycles. The average Bonchev–Trinajstić information content (AvgIpc) is 3.40. The highest BCUT2D eigenvalue weighted by atomic mass is 19.1. The maximum atomic E-state index is 15.3. The highest BCUT2D eigenvalue weighted by Crippen LogP contribution is 2.45. The molecule has 174 valence electrons. The fourth-order valence-electron chi connectivity index (χ4n) is 5.16. The summed E-state index contributed by atoms with van der Waals surface area (Å²) in [5.74, 6) is 1.45. The number of anilines is 2. The van der Waals surface area contributed by atoms with Crippen molar-refractivity contribution in [2.75, 3.05) is 30.3 Å². The molecule has 1 aromatic carbocycles. The van der Waals surface area contributed by atoms with Crippen LogP contribution in [0.1, 0.15) is 18.5 Å². The molecule has 4 aromatic rings. The summed E-state index contributed by atoms with van der Waals surface area (Å²) in [4.78, 5) is 15.5. The smallest absolute Gasteiger partial charge is 0.219 e. The van der Waals surface area contributed by atoms with E-state index < -0.39 is 5.82 Å². The molecule has 0 unspecified atom stereocenters. The molecule has 1 saturated heterocycles. The second kappa shape index (κ2) is 8.25. The van der Waals surface area contributed by atoms with E-state index in [0.29, 0.717) is 17.7 Å². The van der Waals surface area contributed by atoms with Gasteiger partial charge in [-0.2, -0.15) is 0 Å². The number of aryl methyl sites for hydroxylation is 1. The SMILES string of the molecule is Cc1cccc(Oc2ccc(-c3c4n(c5ncnc(N)c35)CCN4[C@@H]3CCCNC3)cc2F)n1. The van der Waals surface area contributed by atoms with E-state index in [1.807, 2.05) is 25.1 Å². The van der Waals surface area contributed by atoms with Crippen molar-refractivity contribution in [1.82, 2.24) is 24.8 Å². The first kappa shape index (κ1) is 20.9. The molecule has 1 fully saturated rings. The Hall–Kier alpha value is -3.72. The van der Waals surface area contributed by atoms with Gasteiger partial charge < -0.3 is 25.3 Å².